The van der Waals surface area contributed by atoms with Crippen LogP contribution in [0.4, 0.5) is 0 Å². The molecule has 0 fully saturated rings. The first-order chi connectivity index (χ1) is 12.7. The van der Waals surface area contributed by atoms with Crippen LogP contribution in [0, 0.1) is 5.41 Å². The largest absolute Gasteiger partial charge is 0.461 e. The number of hydrogen-bond donors (Lipinski definition) is 2. The Morgan fingerprint density at radius 1 is 0.963 bits per heavy atom. The van der Waals surface area contributed by atoms with Gasteiger partial charge < -0.3 is 15.4 Å². The molecule has 0 aliphatic heterocycles. The number of nitrogens with one attached hydrogen (secondary N) is 2. The maximum absolute atomic E-state index is 12.3. The molecule has 0 bridgehead atoms. The van der Waals surface area contributed by atoms with Gasteiger partial charge in [-0.15, -0.1) is 0 Å². The van der Waals surface area contributed by atoms with Crippen LogP contribution in [-0.4, -0.2) is 37.5 Å². The van der Waals surface area contributed by atoms with Crippen molar-refractivity contribution in [2.45, 2.75) is 27.2 Å². The van der Waals surface area contributed by atoms with Crippen LogP contribution >= 0.6 is 0 Å². The summed E-state index contributed by atoms with van der Waals surface area (Å²) in [4.78, 5) is 36.1. The molecule has 0 radical (unpaired) electrons. The number of amides is 2. The van der Waals surface area contributed by atoms with Crippen LogP contribution in [0.5, 0.6) is 0 Å². The summed E-state index contributed by atoms with van der Waals surface area (Å²) in [6, 6.07) is 8.66. The standard InChI is InChI=1S/C21H28N2O4/c1-6-21(12-22-18(24)15(2)3,13-23-19(25)16(4)5)14-27-20(26)17-10-8-7-9-11-17/h7-11H,2,4,6,12-14H2,1,3,5H3,(H,22,24)(H,23,25). The van der Waals surface area contributed by atoms with E-state index in [-0.39, 0.29) is 31.5 Å². The first-order valence-corrected chi connectivity index (χ1v) is 8.80. The quantitative estimate of drug-likeness (QED) is 0.488. The smallest absolute Gasteiger partial charge is 0.338 e. The SMILES string of the molecule is C=C(C)C(=O)NCC(CC)(CNC(=O)C(=C)C)COC(=O)c1ccccc1. The zero-order chi connectivity index (χ0) is 20.4. The minimum absolute atomic E-state index is 0.0458. The molecule has 0 spiro atoms. The van der Waals surface area contributed by atoms with Crippen LogP contribution in [0.1, 0.15) is 37.6 Å². The summed E-state index contributed by atoms with van der Waals surface area (Å²) < 4.78 is 5.48. The van der Waals surface area contributed by atoms with E-state index in [1.807, 2.05) is 13.0 Å². The molecule has 0 unspecified atom stereocenters. The fourth-order valence-corrected chi connectivity index (χ4v) is 2.23. The first kappa shape index (κ1) is 22.2. The van der Waals surface area contributed by atoms with Crippen molar-refractivity contribution in [3.63, 3.8) is 0 Å². The maximum Gasteiger partial charge on any atom is 0.338 e. The van der Waals surface area contributed by atoms with Crippen LogP contribution in [0.25, 0.3) is 0 Å². The van der Waals surface area contributed by atoms with Gasteiger partial charge in [0.2, 0.25) is 11.8 Å². The Hall–Kier alpha value is -2.89. The Balaban J connectivity index is 2.87. The second kappa shape index (κ2) is 10.3. The summed E-state index contributed by atoms with van der Waals surface area (Å²) in [5.41, 5.74) is 0.555. The lowest BCUT2D eigenvalue weighted by atomic mass is 9.85. The number of carbonyl (C=O) groups excluding carboxylic acids is 3. The van der Waals surface area contributed by atoms with E-state index in [9.17, 15) is 14.4 Å². The van der Waals surface area contributed by atoms with Crippen molar-refractivity contribution >= 4 is 17.8 Å². The Labute approximate surface area is 160 Å². The number of esters is 1. The second-order valence-electron chi connectivity index (χ2n) is 6.72. The highest BCUT2D eigenvalue weighted by Gasteiger charge is 2.32. The predicted octanol–water partition coefficient (Wildman–Crippen LogP) is 2.62. The van der Waals surface area contributed by atoms with Gasteiger partial charge in [-0.25, -0.2) is 4.79 Å². The van der Waals surface area contributed by atoms with Crippen LogP contribution < -0.4 is 10.6 Å². The lowest BCUT2D eigenvalue weighted by molar-refractivity contribution is -0.118. The minimum Gasteiger partial charge on any atom is -0.461 e. The van der Waals surface area contributed by atoms with Crippen molar-refractivity contribution in [2.75, 3.05) is 19.7 Å². The molecule has 2 N–H and O–H groups in total. The fourth-order valence-electron chi connectivity index (χ4n) is 2.23. The third-order valence-corrected chi connectivity index (χ3v) is 4.29. The van der Waals surface area contributed by atoms with Crippen LogP contribution in [0.2, 0.25) is 0 Å². The highest BCUT2D eigenvalue weighted by atomic mass is 16.5. The molecule has 27 heavy (non-hydrogen) atoms. The summed E-state index contributed by atoms with van der Waals surface area (Å²) in [5, 5.41) is 5.57. The summed E-state index contributed by atoms with van der Waals surface area (Å²) in [7, 11) is 0. The van der Waals surface area contributed by atoms with Gasteiger partial charge in [0.25, 0.3) is 0 Å². The molecule has 0 saturated carbocycles. The van der Waals surface area contributed by atoms with Crippen LogP contribution in [0.15, 0.2) is 54.6 Å². The van der Waals surface area contributed by atoms with Crippen molar-refractivity contribution < 1.29 is 19.1 Å². The summed E-state index contributed by atoms with van der Waals surface area (Å²) in [6.45, 7) is 12.9. The molecule has 1 aromatic carbocycles. The topological polar surface area (TPSA) is 84.5 Å². The molecule has 0 atom stereocenters. The Morgan fingerprint density at radius 3 is 1.85 bits per heavy atom. The van der Waals surface area contributed by atoms with Gasteiger partial charge in [-0.05, 0) is 32.4 Å². The zero-order valence-electron chi connectivity index (χ0n) is 16.3. The maximum atomic E-state index is 12.3. The molecule has 1 rings (SSSR count). The van der Waals surface area contributed by atoms with Gasteiger partial charge in [-0.3, -0.25) is 9.59 Å². The van der Waals surface area contributed by atoms with Gasteiger partial charge in [0, 0.05) is 29.7 Å². The van der Waals surface area contributed by atoms with Gasteiger partial charge in [0.05, 0.1) is 5.56 Å². The third-order valence-electron chi connectivity index (χ3n) is 4.29. The van der Waals surface area contributed by atoms with Gasteiger partial charge >= 0.3 is 5.97 Å². The fraction of sp³-hybridized carbons (Fsp3) is 0.381. The van der Waals surface area contributed by atoms with Crippen LogP contribution in [0.3, 0.4) is 0 Å². The first-order valence-electron chi connectivity index (χ1n) is 8.80. The molecular formula is C21H28N2O4. The van der Waals surface area contributed by atoms with E-state index in [1.54, 1.807) is 38.1 Å². The zero-order valence-corrected chi connectivity index (χ0v) is 16.3. The molecule has 6 heteroatoms. The van der Waals surface area contributed by atoms with E-state index in [0.717, 1.165) is 0 Å². The molecule has 0 saturated heterocycles. The minimum atomic E-state index is -0.652. The van der Waals surface area contributed by atoms with E-state index in [0.29, 0.717) is 23.1 Å². The number of carbonyl (C=O) groups is 3. The number of rotatable bonds is 10. The van der Waals surface area contributed by atoms with Crippen molar-refractivity contribution in [1.29, 1.82) is 0 Å². The van der Waals surface area contributed by atoms with E-state index >= 15 is 0 Å². The lowest BCUT2D eigenvalue weighted by Gasteiger charge is -2.32. The van der Waals surface area contributed by atoms with Crippen molar-refractivity contribution in [1.82, 2.24) is 10.6 Å². The molecule has 0 heterocycles. The summed E-state index contributed by atoms with van der Waals surface area (Å²) in [5.74, 6) is -1.02. The Bertz CT molecular complexity index is 680. The van der Waals surface area contributed by atoms with E-state index in [4.69, 9.17) is 4.74 Å². The number of hydrogen-bond acceptors (Lipinski definition) is 4. The average Bonchev–Trinajstić information content (AvgIpc) is 2.67. The molecule has 2 amide bonds. The van der Waals surface area contributed by atoms with Gasteiger partial charge in [-0.1, -0.05) is 38.3 Å². The van der Waals surface area contributed by atoms with E-state index in [2.05, 4.69) is 23.8 Å². The number of benzene rings is 1. The molecule has 6 nitrogen and oxygen atoms in total. The molecule has 0 aliphatic carbocycles. The molecule has 0 aromatic heterocycles. The molecule has 0 aliphatic rings. The molecule has 1 aromatic rings. The third kappa shape index (κ3) is 7.09. The van der Waals surface area contributed by atoms with Crippen LogP contribution in [-0.2, 0) is 14.3 Å². The van der Waals surface area contributed by atoms with Gasteiger partial charge in [0.15, 0.2) is 0 Å². The van der Waals surface area contributed by atoms with Gasteiger partial charge in [0.1, 0.15) is 6.61 Å². The monoisotopic (exact) mass is 372 g/mol. The average molecular weight is 372 g/mol. The van der Waals surface area contributed by atoms with Crippen molar-refractivity contribution in [3.8, 4) is 0 Å². The molecule has 146 valence electrons. The highest BCUT2D eigenvalue weighted by molar-refractivity contribution is 5.92. The predicted molar refractivity (Wildman–Crippen MR) is 105 cm³/mol. The summed E-state index contributed by atoms with van der Waals surface area (Å²) >= 11 is 0. The van der Waals surface area contributed by atoms with E-state index < -0.39 is 11.4 Å². The van der Waals surface area contributed by atoms with E-state index in [1.165, 1.54) is 0 Å². The van der Waals surface area contributed by atoms with Gasteiger partial charge in [-0.2, -0.15) is 0 Å². The second-order valence-corrected chi connectivity index (χ2v) is 6.72. The van der Waals surface area contributed by atoms with Crippen molar-refractivity contribution in [3.05, 3.63) is 60.2 Å². The number of ether oxygens (including phenoxy) is 1. The Morgan fingerprint density at radius 2 is 1.44 bits per heavy atom. The molecular weight excluding hydrogens is 344 g/mol. The van der Waals surface area contributed by atoms with Crippen molar-refractivity contribution in [2.24, 2.45) is 5.41 Å². The highest BCUT2D eigenvalue weighted by Crippen LogP contribution is 2.22. The lowest BCUT2D eigenvalue weighted by Crippen LogP contribution is -2.48. The summed E-state index contributed by atoms with van der Waals surface area (Å²) in [6.07, 6.45) is 0.571. The normalized spacial score (nSPS) is 10.6. The Kier molecular flexibility index (Phi) is 8.45.